The Morgan fingerprint density at radius 2 is 2.06 bits per heavy atom. The molecule has 3 nitrogen and oxygen atoms in total. The van der Waals surface area contributed by atoms with Gasteiger partial charge in [0, 0.05) is 12.1 Å². The van der Waals surface area contributed by atoms with Crippen LogP contribution in [-0.2, 0) is 0 Å². The lowest BCUT2D eigenvalue weighted by molar-refractivity contribution is 0.157. The molecular weight excluding hydrogens is 216 g/mol. The third-order valence-electron chi connectivity index (χ3n) is 2.63. The summed E-state index contributed by atoms with van der Waals surface area (Å²) in [5.41, 5.74) is 0.679. The molecule has 0 aliphatic carbocycles. The highest BCUT2D eigenvalue weighted by Crippen LogP contribution is 2.40. The lowest BCUT2D eigenvalue weighted by Gasteiger charge is -2.28. The Balaban J connectivity index is 2.47. The van der Waals surface area contributed by atoms with Gasteiger partial charge in [-0.2, -0.15) is 0 Å². The quantitative estimate of drug-likeness (QED) is 0.803. The van der Waals surface area contributed by atoms with Gasteiger partial charge in [-0.3, -0.25) is 0 Å². The molecule has 0 atom stereocenters. The van der Waals surface area contributed by atoms with Gasteiger partial charge in [0.1, 0.15) is 22.8 Å². The Labute approximate surface area is 102 Å². The molecule has 3 heteroatoms. The SMILES string of the molecule is CCOc1cc(OC)c2c(c1)OC(C)(C)C=C2. The first-order valence-electron chi connectivity index (χ1n) is 5.79. The van der Waals surface area contributed by atoms with Crippen LogP contribution in [0.3, 0.4) is 0 Å². The Bertz CT molecular complexity index is 447. The fraction of sp³-hybridized carbons (Fsp3) is 0.429. The molecule has 1 heterocycles. The van der Waals surface area contributed by atoms with Crippen molar-refractivity contribution in [1.82, 2.24) is 0 Å². The molecular formula is C14H18O3. The van der Waals surface area contributed by atoms with Crippen molar-refractivity contribution in [3.05, 3.63) is 23.8 Å². The molecule has 0 amide bonds. The predicted octanol–water partition coefficient (Wildman–Crippen LogP) is 3.28. The van der Waals surface area contributed by atoms with Crippen molar-refractivity contribution in [2.45, 2.75) is 26.4 Å². The van der Waals surface area contributed by atoms with Gasteiger partial charge in [0.25, 0.3) is 0 Å². The van der Waals surface area contributed by atoms with Gasteiger partial charge in [-0.05, 0) is 32.9 Å². The van der Waals surface area contributed by atoms with E-state index in [-0.39, 0.29) is 5.60 Å². The van der Waals surface area contributed by atoms with E-state index in [9.17, 15) is 0 Å². The van der Waals surface area contributed by atoms with Crippen LogP contribution >= 0.6 is 0 Å². The molecule has 2 rings (SSSR count). The van der Waals surface area contributed by atoms with Crippen molar-refractivity contribution in [3.63, 3.8) is 0 Å². The predicted molar refractivity (Wildman–Crippen MR) is 67.9 cm³/mol. The zero-order valence-electron chi connectivity index (χ0n) is 10.7. The molecule has 1 aliphatic heterocycles. The maximum Gasteiger partial charge on any atom is 0.135 e. The van der Waals surface area contributed by atoms with Crippen molar-refractivity contribution >= 4 is 6.08 Å². The van der Waals surface area contributed by atoms with Crippen molar-refractivity contribution < 1.29 is 14.2 Å². The van der Waals surface area contributed by atoms with Crippen LogP contribution in [0.25, 0.3) is 6.08 Å². The molecule has 1 aromatic carbocycles. The fourth-order valence-electron chi connectivity index (χ4n) is 1.85. The van der Waals surface area contributed by atoms with Gasteiger partial charge in [-0.15, -0.1) is 0 Å². The van der Waals surface area contributed by atoms with Gasteiger partial charge >= 0.3 is 0 Å². The first kappa shape index (κ1) is 11.8. The number of ether oxygens (including phenoxy) is 3. The second-order valence-corrected chi connectivity index (χ2v) is 4.51. The second kappa shape index (κ2) is 4.32. The van der Waals surface area contributed by atoms with Gasteiger partial charge in [0.2, 0.25) is 0 Å². The smallest absolute Gasteiger partial charge is 0.135 e. The van der Waals surface area contributed by atoms with Gasteiger partial charge < -0.3 is 14.2 Å². The van der Waals surface area contributed by atoms with E-state index in [2.05, 4.69) is 0 Å². The van der Waals surface area contributed by atoms with Crippen molar-refractivity contribution in [1.29, 1.82) is 0 Å². The number of fused-ring (bicyclic) bond motifs is 1. The summed E-state index contributed by atoms with van der Waals surface area (Å²) in [6.07, 6.45) is 4.06. The maximum absolute atomic E-state index is 5.90. The average molecular weight is 234 g/mol. The number of rotatable bonds is 3. The van der Waals surface area contributed by atoms with Crippen molar-refractivity contribution in [2.75, 3.05) is 13.7 Å². The topological polar surface area (TPSA) is 27.7 Å². The largest absolute Gasteiger partial charge is 0.496 e. The number of benzene rings is 1. The summed E-state index contributed by atoms with van der Waals surface area (Å²) in [5, 5.41) is 0. The summed E-state index contributed by atoms with van der Waals surface area (Å²) >= 11 is 0. The van der Waals surface area contributed by atoms with Crippen LogP contribution in [0.5, 0.6) is 17.2 Å². The second-order valence-electron chi connectivity index (χ2n) is 4.51. The monoisotopic (exact) mass is 234 g/mol. The Hall–Kier alpha value is -1.64. The molecule has 1 aliphatic rings. The van der Waals surface area contributed by atoms with Crippen LogP contribution < -0.4 is 14.2 Å². The molecule has 0 spiro atoms. The van der Waals surface area contributed by atoms with Crippen LogP contribution in [-0.4, -0.2) is 19.3 Å². The van der Waals surface area contributed by atoms with Crippen LogP contribution in [0.15, 0.2) is 18.2 Å². The highest BCUT2D eigenvalue weighted by atomic mass is 16.5. The molecule has 0 saturated carbocycles. The van der Waals surface area contributed by atoms with E-state index in [4.69, 9.17) is 14.2 Å². The van der Waals surface area contributed by atoms with Gasteiger partial charge in [-0.25, -0.2) is 0 Å². The van der Waals surface area contributed by atoms with E-state index >= 15 is 0 Å². The summed E-state index contributed by atoms with van der Waals surface area (Å²) in [5.74, 6) is 2.35. The molecule has 92 valence electrons. The van der Waals surface area contributed by atoms with Crippen molar-refractivity contribution in [2.24, 2.45) is 0 Å². The third-order valence-corrected chi connectivity index (χ3v) is 2.63. The Kier molecular flexibility index (Phi) is 3.01. The van der Waals surface area contributed by atoms with E-state index in [0.717, 1.165) is 22.8 Å². The zero-order chi connectivity index (χ0) is 12.5. The average Bonchev–Trinajstić information content (AvgIpc) is 2.26. The van der Waals surface area contributed by atoms with Gasteiger partial charge in [-0.1, -0.05) is 0 Å². The highest BCUT2D eigenvalue weighted by Gasteiger charge is 2.24. The third kappa shape index (κ3) is 2.38. The summed E-state index contributed by atoms with van der Waals surface area (Å²) in [7, 11) is 1.65. The van der Waals surface area contributed by atoms with Crippen LogP contribution in [0.1, 0.15) is 26.3 Å². The minimum atomic E-state index is -0.289. The Morgan fingerprint density at radius 1 is 1.29 bits per heavy atom. The summed E-state index contributed by atoms with van der Waals surface area (Å²) in [6.45, 7) is 6.62. The lowest BCUT2D eigenvalue weighted by Crippen LogP contribution is -2.27. The fourth-order valence-corrected chi connectivity index (χ4v) is 1.85. The molecule has 17 heavy (non-hydrogen) atoms. The minimum Gasteiger partial charge on any atom is -0.496 e. The van der Waals surface area contributed by atoms with E-state index in [0.29, 0.717) is 6.61 Å². The molecule has 0 N–H and O–H groups in total. The summed E-state index contributed by atoms with van der Waals surface area (Å²) < 4.78 is 16.8. The van der Waals surface area contributed by atoms with Crippen LogP contribution in [0.4, 0.5) is 0 Å². The molecule has 0 saturated heterocycles. The molecule has 1 aromatic rings. The minimum absolute atomic E-state index is 0.289. The summed E-state index contributed by atoms with van der Waals surface area (Å²) in [6, 6.07) is 3.79. The zero-order valence-corrected chi connectivity index (χ0v) is 10.7. The highest BCUT2D eigenvalue weighted by molar-refractivity contribution is 5.69. The van der Waals surface area contributed by atoms with Crippen LogP contribution in [0, 0.1) is 0 Å². The summed E-state index contributed by atoms with van der Waals surface area (Å²) in [4.78, 5) is 0. The molecule has 0 aromatic heterocycles. The number of hydrogen-bond donors (Lipinski definition) is 0. The van der Waals surface area contributed by atoms with E-state index < -0.39 is 0 Å². The molecule has 0 radical (unpaired) electrons. The van der Waals surface area contributed by atoms with Crippen molar-refractivity contribution in [3.8, 4) is 17.2 Å². The van der Waals surface area contributed by atoms with Gasteiger partial charge in [0.05, 0.1) is 19.3 Å². The molecule has 0 fully saturated rings. The van der Waals surface area contributed by atoms with E-state index in [1.807, 2.05) is 45.1 Å². The molecule has 0 bridgehead atoms. The number of methoxy groups -OCH3 is 1. The maximum atomic E-state index is 5.90. The van der Waals surface area contributed by atoms with E-state index in [1.54, 1.807) is 7.11 Å². The molecule has 0 unspecified atom stereocenters. The normalized spacial score (nSPS) is 16.0. The number of hydrogen-bond acceptors (Lipinski definition) is 3. The Morgan fingerprint density at radius 3 is 2.71 bits per heavy atom. The first-order chi connectivity index (χ1) is 8.05. The lowest BCUT2D eigenvalue weighted by atomic mass is 10.0. The van der Waals surface area contributed by atoms with Crippen LogP contribution in [0.2, 0.25) is 0 Å². The van der Waals surface area contributed by atoms with E-state index in [1.165, 1.54) is 0 Å². The standard InChI is InChI=1S/C14H18O3/c1-5-16-10-8-12(15-4)11-6-7-14(2,3)17-13(11)9-10/h6-9H,5H2,1-4H3. The first-order valence-corrected chi connectivity index (χ1v) is 5.79. The van der Waals surface area contributed by atoms with Gasteiger partial charge in [0.15, 0.2) is 0 Å².